The standard InChI is InChI=1S/C22H32N2O2S/c1-12-5-19(15(4)27-12)13(2)23-20(25)14(3)24-21(26)22-9-16-6-17(10-22)8-18(7-16)11-22/h5,13-14,16-18H,6-11H2,1-4H3,(H,23,25)(H,24,26). The van der Waals surface area contributed by atoms with Crippen molar-refractivity contribution in [2.75, 3.05) is 0 Å². The lowest BCUT2D eigenvalue weighted by Crippen LogP contribution is -2.56. The van der Waals surface area contributed by atoms with Crippen LogP contribution in [-0.2, 0) is 9.59 Å². The molecular formula is C22H32N2O2S. The fraction of sp³-hybridized carbons (Fsp3) is 0.727. The number of amides is 2. The van der Waals surface area contributed by atoms with E-state index in [-0.39, 0.29) is 23.3 Å². The first-order chi connectivity index (χ1) is 12.8. The molecule has 4 saturated carbocycles. The van der Waals surface area contributed by atoms with Crippen molar-refractivity contribution in [3.05, 3.63) is 21.4 Å². The third-order valence-electron chi connectivity index (χ3n) is 7.17. The molecule has 0 aromatic carbocycles. The maximum absolute atomic E-state index is 13.1. The fourth-order valence-corrected chi connectivity index (χ4v) is 7.32. The molecule has 2 unspecified atom stereocenters. The summed E-state index contributed by atoms with van der Waals surface area (Å²) in [4.78, 5) is 28.3. The Kier molecular flexibility index (Phi) is 4.86. The Morgan fingerprint density at radius 3 is 2.07 bits per heavy atom. The number of carbonyl (C=O) groups excluding carboxylic acids is 2. The average molecular weight is 389 g/mol. The summed E-state index contributed by atoms with van der Waals surface area (Å²) in [6, 6.07) is 1.61. The Hall–Kier alpha value is -1.36. The van der Waals surface area contributed by atoms with Gasteiger partial charge in [-0.15, -0.1) is 11.3 Å². The molecular weight excluding hydrogens is 356 g/mol. The third kappa shape index (κ3) is 3.55. The van der Waals surface area contributed by atoms with E-state index in [0.717, 1.165) is 37.0 Å². The van der Waals surface area contributed by atoms with Crippen LogP contribution >= 0.6 is 11.3 Å². The molecule has 2 amide bonds. The predicted octanol–water partition coefficient (Wildman–Crippen LogP) is 4.26. The SMILES string of the molecule is Cc1cc(C(C)NC(=O)C(C)NC(=O)C23CC4CC(CC(C4)C2)C3)c(C)s1. The Bertz CT molecular complexity index is 718. The molecule has 1 heterocycles. The maximum atomic E-state index is 13.1. The van der Waals surface area contributed by atoms with Crippen molar-refractivity contribution in [3.8, 4) is 0 Å². The number of carbonyl (C=O) groups is 2. The lowest BCUT2D eigenvalue weighted by atomic mass is 9.49. The van der Waals surface area contributed by atoms with E-state index in [2.05, 4.69) is 30.5 Å². The van der Waals surface area contributed by atoms with Gasteiger partial charge in [0.15, 0.2) is 0 Å². The number of nitrogens with one attached hydrogen (secondary N) is 2. The van der Waals surface area contributed by atoms with E-state index >= 15 is 0 Å². The van der Waals surface area contributed by atoms with Crippen molar-refractivity contribution in [3.63, 3.8) is 0 Å². The smallest absolute Gasteiger partial charge is 0.242 e. The molecule has 4 aliphatic rings. The molecule has 4 nitrogen and oxygen atoms in total. The van der Waals surface area contributed by atoms with E-state index in [0.29, 0.717) is 0 Å². The van der Waals surface area contributed by atoms with Crippen LogP contribution in [0.2, 0.25) is 0 Å². The zero-order valence-corrected chi connectivity index (χ0v) is 17.7. The van der Waals surface area contributed by atoms with Crippen molar-refractivity contribution in [2.45, 2.75) is 78.3 Å². The van der Waals surface area contributed by atoms with Gasteiger partial charge in [-0.25, -0.2) is 0 Å². The van der Waals surface area contributed by atoms with Gasteiger partial charge in [-0.3, -0.25) is 9.59 Å². The predicted molar refractivity (Wildman–Crippen MR) is 109 cm³/mol. The van der Waals surface area contributed by atoms with Crippen LogP contribution in [0.15, 0.2) is 6.07 Å². The van der Waals surface area contributed by atoms with Crippen LogP contribution in [0.4, 0.5) is 0 Å². The van der Waals surface area contributed by atoms with Crippen LogP contribution in [-0.4, -0.2) is 17.9 Å². The Morgan fingerprint density at radius 1 is 1.04 bits per heavy atom. The summed E-state index contributed by atoms with van der Waals surface area (Å²) >= 11 is 1.75. The van der Waals surface area contributed by atoms with Gasteiger partial charge < -0.3 is 10.6 Å². The zero-order valence-electron chi connectivity index (χ0n) is 16.9. The van der Waals surface area contributed by atoms with E-state index in [1.54, 1.807) is 11.3 Å². The normalized spacial score (nSPS) is 33.6. The number of hydrogen-bond donors (Lipinski definition) is 2. The van der Waals surface area contributed by atoms with E-state index in [9.17, 15) is 9.59 Å². The second-order valence-corrected chi connectivity index (χ2v) is 11.0. The lowest BCUT2D eigenvalue weighted by Gasteiger charge is -2.55. The second kappa shape index (κ2) is 6.91. The monoisotopic (exact) mass is 388 g/mol. The van der Waals surface area contributed by atoms with Crippen LogP contribution in [0.3, 0.4) is 0 Å². The minimum absolute atomic E-state index is 0.0404. The van der Waals surface area contributed by atoms with Gasteiger partial charge >= 0.3 is 0 Å². The van der Waals surface area contributed by atoms with Crippen LogP contribution in [0.25, 0.3) is 0 Å². The van der Waals surface area contributed by atoms with Gasteiger partial charge in [-0.2, -0.15) is 0 Å². The van der Waals surface area contributed by atoms with Gasteiger partial charge in [0.1, 0.15) is 6.04 Å². The highest BCUT2D eigenvalue weighted by molar-refractivity contribution is 7.12. The van der Waals surface area contributed by atoms with Gasteiger partial charge in [0.2, 0.25) is 11.8 Å². The van der Waals surface area contributed by atoms with Crippen molar-refractivity contribution in [1.29, 1.82) is 0 Å². The third-order valence-corrected chi connectivity index (χ3v) is 8.15. The number of thiophene rings is 1. The van der Waals surface area contributed by atoms with Crippen LogP contribution in [0.1, 0.15) is 73.7 Å². The molecule has 0 spiro atoms. The van der Waals surface area contributed by atoms with Gasteiger partial charge in [-0.1, -0.05) is 0 Å². The molecule has 148 valence electrons. The number of hydrogen-bond acceptors (Lipinski definition) is 3. The fourth-order valence-electron chi connectivity index (χ4n) is 6.30. The van der Waals surface area contributed by atoms with E-state index in [4.69, 9.17) is 0 Å². The summed E-state index contributed by atoms with van der Waals surface area (Å²) < 4.78 is 0. The van der Waals surface area contributed by atoms with Crippen LogP contribution in [0, 0.1) is 37.0 Å². The second-order valence-electron chi connectivity index (χ2n) is 9.49. The molecule has 0 radical (unpaired) electrons. The van der Waals surface area contributed by atoms with Gasteiger partial charge in [-0.05, 0) is 95.6 Å². The summed E-state index contributed by atoms with van der Waals surface area (Å²) in [7, 11) is 0. The molecule has 4 bridgehead atoms. The molecule has 5 heteroatoms. The minimum Gasteiger partial charge on any atom is -0.348 e. The Morgan fingerprint density at radius 2 is 1.59 bits per heavy atom. The van der Waals surface area contributed by atoms with Crippen LogP contribution < -0.4 is 10.6 Å². The molecule has 2 atom stereocenters. The lowest BCUT2D eigenvalue weighted by molar-refractivity contribution is -0.148. The molecule has 4 aliphatic carbocycles. The summed E-state index contributed by atoms with van der Waals surface area (Å²) in [5, 5.41) is 6.15. The first-order valence-corrected chi connectivity index (χ1v) is 11.3. The summed E-state index contributed by atoms with van der Waals surface area (Å²) in [5.41, 5.74) is 0.973. The molecule has 1 aromatic rings. The molecule has 2 N–H and O–H groups in total. The molecule has 0 saturated heterocycles. The summed E-state index contributed by atoms with van der Waals surface area (Å²) in [6.45, 7) is 8.00. The van der Waals surface area contributed by atoms with E-state index in [1.165, 1.54) is 34.6 Å². The van der Waals surface area contributed by atoms with Crippen molar-refractivity contribution >= 4 is 23.2 Å². The first-order valence-electron chi connectivity index (χ1n) is 10.4. The van der Waals surface area contributed by atoms with Gasteiger partial charge in [0.05, 0.1) is 6.04 Å². The summed E-state index contributed by atoms with van der Waals surface area (Å²) in [6.07, 6.45) is 7.05. The van der Waals surface area contributed by atoms with Gasteiger partial charge in [0, 0.05) is 15.2 Å². The molecule has 27 heavy (non-hydrogen) atoms. The molecule has 5 rings (SSSR count). The minimum atomic E-state index is -0.493. The quantitative estimate of drug-likeness (QED) is 0.792. The highest BCUT2D eigenvalue weighted by atomic mass is 32.1. The zero-order chi connectivity index (χ0) is 19.3. The molecule has 0 aliphatic heterocycles. The van der Waals surface area contributed by atoms with Crippen LogP contribution in [0.5, 0.6) is 0 Å². The number of aryl methyl sites for hydroxylation is 2. The Labute approximate surface area is 166 Å². The molecule has 4 fully saturated rings. The van der Waals surface area contributed by atoms with E-state index in [1.807, 2.05) is 13.8 Å². The first kappa shape index (κ1) is 19.0. The van der Waals surface area contributed by atoms with Gasteiger partial charge in [0.25, 0.3) is 0 Å². The number of rotatable bonds is 5. The topological polar surface area (TPSA) is 58.2 Å². The summed E-state index contributed by atoms with van der Waals surface area (Å²) in [5.74, 6) is 2.23. The highest BCUT2D eigenvalue weighted by Gasteiger charge is 2.54. The van der Waals surface area contributed by atoms with Crippen molar-refractivity contribution in [1.82, 2.24) is 10.6 Å². The average Bonchev–Trinajstić information content (AvgIpc) is 2.92. The highest BCUT2D eigenvalue weighted by Crippen LogP contribution is 2.60. The van der Waals surface area contributed by atoms with Crippen molar-refractivity contribution < 1.29 is 9.59 Å². The maximum Gasteiger partial charge on any atom is 0.242 e. The molecule has 1 aromatic heterocycles. The Balaban J connectivity index is 1.37. The largest absolute Gasteiger partial charge is 0.348 e. The van der Waals surface area contributed by atoms with E-state index < -0.39 is 6.04 Å². The van der Waals surface area contributed by atoms with Crippen molar-refractivity contribution in [2.24, 2.45) is 23.2 Å².